The molecular weight excluding hydrogens is 270 g/mol. The summed E-state index contributed by atoms with van der Waals surface area (Å²) >= 11 is 0. The summed E-state index contributed by atoms with van der Waals surface area (Å²) in [5.41, 5.74) is -0.474. The summed E-state index contributed by atoms with van der Waals surface area (Å²) in [5.74, 6) is -0.528. The monoisotopic (exact) mass is 297 g/mol. The van der Waals surface area contributed by atoms with Gasteiger partial charge in [0.25, 0.3) is 0 Å². The Labute approximate surface area is 127 Å². The van der Waals surface area contributed by atoms with E-state index >= 15 is 0 Å². The van der Waals surface area contributed by atoms with E-state index in [2.05, 4.69) is 12.2 Å². The second kappa shape index (κ2) is 5.97. The van der Waals surface area contributed by atoms with E-state index in [0.717, 1.165) is 12.8 Å². The molecule has 0 aliphatic carbocycles. The van der Waals surface area contributed by atoms with Crippen molar-refractivity contribution in [2.75, 3.05) is 13.2 Å². The molecule has 5 heteroatoms. The molecule has 0 N–H and O–H groups in total. The minimum absolute atomic E-state index is 0.0103. The first kappa shape index (κ1) is 16.3. The zero-order valence-corrected chi connectivity index (χ0v) is 13.7. The second-order valence-electron chi connectivity index (χ2n) is 7.14. The summed E-state index contributed by atoms with van der Waals surface area (Å²) in [6, 6.07) is 0.0103. The van der Waals surface area contributed by atoms with Crippen LogP contribution in [0.1, 0.15) is 47.5 Å². The van der Waals surface area contributed by atoms with Gasteiger partial charge in [-0.15, -0.1) is 0 Å². The minimum Gasteiger partial charge on any atom is -0.444 e. The van der Waals surface area contributed by atoms with Crippen molar-refractivity contribution in [2.24, 2.45) is 0 Å². The number of ether oxygens (including phenoxy) is 3. The van der Waals surface area contributed by atoms with Crippen molar-refractivity contribution < 1.29 is 19.0 Å². The molecule has 2 heterocycles. The highest BCUT2D eigenvalue weighted by Gasteiger charge is 2.36. The van der Waals surface area contributed by atoms with Crippen LogP contribution in [0, 0.1) is 0 Å². The van der Waals surface area contributed by atoms with Crippen LogP contribution in [0.15, 0.2) is 12.2 Å². The first-order valence-electron chi connectivity index (χ1n) is 7.64. The average Bonchev–Trinajstić information content (AvgIpc) is 2.67. The number of nitrogens with zero attached hydrogens (tertiary/aromatic N) is 1. The van der Waals surface area contributed by atoms with E-state index in [0.29, 0.717) is 13.2 Å². The minimum atomic E-state index is -0.528. The van der Waals surface area contributed by atoms with Crippen LogP contribution in [0.4, 0.5) is 4.79 Å². The molecule has 2 atom stereocenters. The van der Waals surface area contributed by atoms with Gasteiger partial charge in [-0.3, -0.25) is 0 Å². The zero-order valence-electron chi connectivity index (χ0n) is 13.7. The highest BCUT2D eigenvalue weighted by Crippen LogP contribution is 2.27. The number of carbonyl (C=O) groups excluding carboxylic acids is 1. The Hall–Kier alpha value is -1.07. The molecule has 1 saturated heterocycles. The Morgan fingerprint density at radius 2 is 2.14 bits per heavy atom. The standard InChI is InChI=1S/C16H27NO4/c1-15(2,3)21-14(18)17-9-7-6-8-12(17)10-13-11-19-16(4,5)20-13/h6,8,12-13H,7,9-11H2,1-5H3. The first-order chi connectivity index (χ1) is 9.66. The third-order valence-corrected chi connectivity index (χ3v) is 3.49. The maximum Gasteiger partial charge on any atom is 0.410 e. The van der Waals surface area contributed by atoms with E-state index < -0.39 is 11.4 Å². The maximum absolute atomic E-state index is 12.3. The summed E-state index contributed by atoms with van der Waals surface area (Å²) in [5, 5.41) is 0. The van der Waals surface area contributed by atoms with E-state index in [1.54, 1.807) is 4.90 Å². The van der Waals surface area contributed by atoms with Gasteiger partial charge in [-0.2, -0.15) is 0 Å². The Morgan fingerprint density at radius 3 is 2.71 bits per heavy atom. The van der Waals surface area contributed by atoms with E-state index in [4.69, 9.17) is 14.2 Å². The lowest BCUT2D eigenvalue weighted by Gasteiger charge is -2.35. The molecule has 2 rings (SSSR count). The molecule has 2 unspecified atom stereocenters. The van der Waals surface area contributed by atoms with Gasteiger partial charge >= 0.3 is 6.09 Å². The third-order valence-electron chi connectivity index (χ3n) is 3.49. The fourth-order valence-electron chi connectivity index (χ4n) is 2.64. The van der Waals surface area contributed by atoms with Crippen molar-refractivity contribution in [3.63, 3.8) is 0 Å². The maximum atomic E-state index is 12.3. The molecule has 0 aromatic carbocycles. The van der Waals surface area contributed by atoms with Gasteiger partial charge < -0.3 is 19.1 Å². The Morgan fingerprint density at radius 1 is 1.43 bits per heavy atom. The van der Waals surface area contributed by atoms with Gasteiger partial charge in [0.15, 0.2) is 5.79 Å². The first-order valence-corrected chi connectivity index (χ1v) is 7.64. The molecule has 21 heavy (non-hydrogen) atoms. The van der Waals surface area contributed by atoms with Crippen molar-refractivity contribution >= 4 is 6.09 Å². The summed E-state index contributed by atoms with van der Waals surface area (Å²) in [7, 11) is 0. The number of carbonyl (C=O) groups is 1. The zero-order chi connectivity index (χ0) is 15.7. The SMILES string of the molecule is CC(C)(C)OC(=O)N1CCC=CC1CC1COC(C)(C)O1. The molecule has 0 aromatic rings. The molecule has 1 fully saturated rings. The quantitative estimate of drug-likeness (QED) is 0.735. The fraction of sp³-hybridized carbons (Fsp3) is 0.812. The summed E-state index contributed by atoms with van der Waals surface area (Å²) in [6.07, 6.45) is 5.55. The van der Waals surface area contributed by atoms with Crippen LogP contribution in [0.5, 0.6) is 0 Å². The van der Waals surface area contributed by atoms with Crippen LogP contribution >= 0.6 is 0 Å². The van der Waals surface area contributed by atoms with Crippen LogP contribution < -0.4 is 0 Å². The lowest BCUT2D eigenvalue weighted by atomic mass is 10.0. The van der Waals surface area contributed by atoms with Crippen molar-refractivity contribution in [1.29, 1.82) is 0 Å². The van der Waals surface area contributed by atoms with Crippen LogP contribution in [-0.2, 0) is 14.2 Å². The summed E-state index contributed by atoms with van der Waals surface area (Å²) in [4.78, 5) is 14.1. The molecule has 2 aliphatic heterocycles. The molecule has 0 spiro atoms. The molecular formula is C16H27NO4. The van der Waals surface area contributed by atoms with E-state index in [-0.39, 0.29) is 18.2 Å². The Kier molecular flexibility index (Phi) is 4.63. The predicted molar refractivity (Wildman–Crippen MR) is 80.0 cm³/mol. The summed E-state index contributed by atoms with van der Waals surface area (Å²) < 4.78 is 16.9. The van der Waals surface area contributed by atoms with Crippen molar-refractivity contribution in [3.8, 4) is 0 Å². The number of hydrogen-bond donors (Lipinski definition) is 0. The number of hydrogen-bond acceptors (Lipinski definition) is 4. The van der Waals surface area contributed by atoms with Gasteiger partial charge in [0.1, 0.15) is 5.60 Å². The second-order valence-corrected chi connectivity index (χ2v) is 7.14. The molecule has 120 valence electrons. The lowest BCUT2D eigenvalue weighted by molar-refractivity contribution is -0.140. The van der Waals surface area contributed by atoms with Crippen molar-refractivity contribution in [2.45, 2.75) is 71.0 Å². The lowest BCUT2D eigenvalue weighted by Crippen LogP contribution is -2.46. The van der Waals surface area contributed by atoms with Gasteiger partial charge in [-0.05, 0) is 41.0 Å². The Bertz CT molecular complexity index is 411. The van der Waals surface area contributed by atoms with Gasteiger partial charge in [-0.25, -0.2) is 4.79 Å². The van der Waals surface area contributed by atoms with Gasteiger partial charge in [-0.1, -0.05) is 12.2 Å². The van der Waals surface area contributed by atoms with Crippen molar-refractivity contribution in [1.82, 2.24) is 4.90 Å². The van der Waals surface area contributed by atoms with Gasteiger partial charge in [0, 0.05) is 13.0 Å². The highest BCUT2D eigenvalue weighted by molar-refractivity contribution is 5.69. The van der Waals surface area contributed by atoms with E-state index in [9.17, 15) is 4.79 Å². The average molecular weight is 297 g/mol. The van der Waals surface area contributed by atoms with Gasteiger partial charge in [0.05, 0.1) is 18.8 Å². The predicted octanol–water partition coefficient (Wildman–Crippen LogP) is 3.09. The molecule has 0 radical (unpaired) electrons. The molecule has 2 aliphatic rings. The Balaban J connectivity index is 1.97. The molecule has 0 aromatic heterocycles. The number of amides is 1. The van der Waals surface area contributed by atoms with Crippen LogP contribution in [0.25, 0.3) is 0 Å². The molecule has 0 bridgehead atoms. The normalized spacial score (nSPS) is 28.7. The molecule has 5 nitrogen and oxygen atoms in total. The van der Waals surface area contributed by atoms with Crippen LogP contribution in [-0.4, -0.2) is 47.7 Å². The van der Waals surface area contributed by atoms with Gasteiger partial charge in [0.2, 0.25) is 0 Å². The smallest absolute Gasteiger partial charge is 0.410 e. The third kappa shape index (κ3) is 4.71. The number of rotatable bonds is 2. The van der Waals surface area contributed by atoms with Crippen LogP contribution in [0.2, 0.25) is 0 Å². The van der Waals surface area contributed by atoms with E-state index in [1.807, 2.05) is 34.6 Å². The topological polar surface area (TPSA) is 48.0 Å². The van der Waals surface area contributed by atoms with Crippen molar-refractivity contribution in [3.05, 3.63) is 12.2 Å². The largest absolute Gasteiger partial charge is 0.444 e. The molecule has 1 amide bonds. The molecule has 0 saturated carbocycles. The fourth-order valence-corrected chi connectivity index (χ4v) is 2.64. The van der Waals surface area contributed by atoms with E-state index in [1.165, 1.54) is 0 Å². The summed E-state index contributed by atoms with van der Waals surface area (Å²) in [6.45, 7) is 10.7. The van der Waals surface area contributed by atoms with Crippen LogP contribution in [0.3, 0.4) is 0 Å². The highest BCUT2D eigenvalue weighted by atomic mass is 16.7.